The highest BCUT2D eigenvalue weighted by Gasteiger charge is 2.40. The highest BCUT2D eigenvalue weighted by atomic mass is 32.2. The van der Waals surface area contributed by atoms with Crippen LogP contribution in [-0.2, 0) is 14.3 Å². The molecule has 0 N–H and O–H groups in total. The molecule has 0 saturated heterocycles. The summed E-state index contributed by atoms with van der Waals surface area (Å²) in [6, 6.07) is 31.2. The molecular formula is C26H28O2S. The SMILES string of the molecule is CC(SC(c1ccccc1)(c1ccccc1)c1ccccc1)C(=O)OC(C)(C)C. The Morgan fingerprint density at radius 2 is 1.07 bits per heavy atom. The van der Waals surface area contributed by atoms with Gasteiger partial charge in [-0.3, -0.25) is 4.79 Å². The zero-order chi connectivity index (χ0) is 20.9. The molecule has 0 spiro atoms. The summed E-state index contributed by atoms with van der Waals surface area (Å²) in [4.78, 5) is 12.9. The fourth-order valence-electron chi connectivity index (χ4n) is 3.42. The second-order valence-corrected chi connectivity index (χ2v) is 9.63. The maximum atomic E-state index is 12.9. The van der Waals surface area contributed by atoms with Gasteiger partial charge in [-0.05, 0) is 44.4 Å². The molecule has 0 radical (unpaired) electrons. The number of carbonyl (C=O) groups excluding carboxylic acids is 1. The molecule has 1 unspecified atom stereocenters. The van der Waals surface area contributed by atoms with Gasteiger partial charge in [0.15, 0.2) is 0 Å². The van der Waals surface area contributed by atoms with Crippen LogP contribution in [0.3, 0.4) is 0 Å². The van der Waals surface area contributed by atoms with E-state index in [9.17, 15) is 4.79 Å². The fraction of sp³-hybridized carbons (Fsp3) is 0.269. The molecule has 29 heavy (non-hydrogen) atoms. The molecule has 3 heteroatoms. The highest BCUT2D eigenvalue weighted by Crippen LogP contribution is 2.50. The lowest BCUT2D eigenvalue weighted by molar-refractivity contribution is -0.153. The second-order valence-electron chi connectivity index (χ2n) is 8.07. The zero-order valence-corrected chi connectivity index (χ0v) is 18.3. The van der Waals surface area contributed by atoms with E-state index in [1.807, 2.05) is 45.9 Å². The lowest BCUT2D eigenvalue weighted by atomic mass is 9.84. The van der Waals surface area contributed by atoms with Crippen molar-refractivity contribution < 1.29 is 9.53 Å². The van der Waals surface area contributed by atoms with Crippen molar-refractivity contribution in [3.63, 3.8) is 0 Å². The van der Waals surface area contributed by atoms with E-state index < -0.39 is 10.3 Å². The first-order chi connectivity index (χ1) is 13.8. The summed E-state index contributed by atoms with van der Waals surface area (Å²) in [7, 11) is 0. The quantitative estimate of drug-likeness (QED) is 0.349. The standard InChI is InChI=1S/C26H28O2S/c1-20(24(27)28-25(2,3)4)29-26(21-14-8-5-9-15-21,22-16-10-6-11-17-22)23-18-12-7-13-19-23/h5-20H,1-4H3. The van der Waals surface area contributed by atoms with Crippen molar-refractivity contribution in [1.82, 2.24) is 0 Å². The topological polar surface area (TPSA) is 26.3 Å². The van der Waals surface area contributed by atoms with Gasteiger partial charge in [0.05, 0.1) is 4.75 Å². The van der Waals surface area contributed by atoms with Crippen LogP contribution in [0, 0.1) is 0 Å². The summed E-state index contributed by atoms with van der Waals surface area (Å²) < 4.78 is 5.17. The molecule has 0 fully saturated rings. The van der Waals surface area contributed by atoms with Crippen LogP contribution >= 0.6 is 11.8 Å². The normalized spacial score (nSPS) is 13.0. The molecule has 0 aromatic heterocycles. The smallest absolute Gasteiger partial charge is 0.319 e. The van der Waals surface area contributed by atoms with Crippen LogP contribution in [0.15, 0.2) is 91.0 Å². The first kappa shape index (κ1) is 21.2. The van der Waals surface area contributed by atoms with Crippen molar-refractivity contribution in [2.75, 3.05) is 0 Å². The molecule has 0 aliphatic rings. The molecule has 0 amide bonds. The van der Waals surface area contributed by atoms with Gasteiger partial charge in [0.1, 0.15) is 10.9 Å². The average Bonchev–Trinajstić information content (AvgIpc) is 2.72. The second kappa shape index (κ2) is 8.87. The Morgan fingerprint density at radius 1 is 0.724 bits per heavy atom. The van der Waals surface area contributed by atoms with Crippen LogP contribution in [0.2, 0.25) is 0 Å². The van der Waals surface area contributed by atoms with Crippen molar-refractivity contribution in [1.29, 1.82) is 0 Å². The minimum Gasteiger partial charge on any atom is -0.459 e. The summed E-state index contributed by atoms with van der Waals surface area (Å²) in [6.45, 7) is 7.64. The van der Waals surface area contributed by atoms with Crippen molar-refractivity contribution in [3.8, 4) is 0 Å². The molecule has 0 bridgehead atoms. The van der Waals surface area contributed by atoms with Gasteiger partial charge in [0.25, 0.3) is 0 Å². The van der Waals surface area contributed by atoms with Crippen LogP contribution in [-0.4, -0.2) is 16.8 Å². The first-order valence-electron chi connectivity index (χ1n) is 9.90. The minimum absolute atomic E-state index is 0.199. The Kier molecular flexibility index (Phi) is 6.49. The van der Waals surface area contributed by atoms with Crippen LogP contribution in [0.5, 0.6) is 0 Å². The summed E-state index contributed by atoms with van der Waals surface area (Å²) in [5.74, 6) is -0.199. The number of rotatable bonds is 6. The van der Waals surface area contributed by atoms with Gasteiger partial charge in [-0.2, -0.15) is 0 Å². The van der Waals surface area contributed by atoms with Crippen molar-refractivity contribution in [2.24, 2.45) is 0 Å². The third-order valence-electron chi connectivity index (χ3n) is 4.63. The van der Waals surface area contributed by atoms with Crippen molar-refractivity contribution in [2.45, 2.75) is 43.3 Å². The molecule has 150 valence electrons. The summed E-state index contributed by atoms with van der Waals surface area (Å²) in [5, 5.41) is -0.352. The zero-order valence-electron chi connectivity index (χ0n) is 17.5. The number of carbonyl (C=O) groups is 1. The van der Waals surface area contributed by atoms with E-state index in [4.69, 9.17) is 4.74 Å². The molecule has 0 aliphatic carbocycles. The van der Waals surface area contributed by atoms with Gasteiger partial charge in [0.2, 0.25) is 0 Å². The highest BCUT2D eigenvalue weighted by molar-refractivity contribution is 8.01. The molecule has 0 heterocycles. The predicted octanol–water partition coefficient (Wildman–Crippen LogP) is 6.44. The summed E-state index contributed by atoms with van der Waals surface area (Å²) >= 11 is 1.63. The largest absolute Gasteiger partial charge is 0.459 e. The maximum absolute atomic E-state index is 12.9. The van der Waals surface area contributed by atoms with E-state index >= 15 is 0 Å². The number of hydrogen-bond acceptors (Lipinski definition) is 3. The van der Waals surface area contributed by atoms with E-state index in [1.165, 1.54) is 0 Å². The maximum Gasteiger partial charge on any atom is 0.319 e. The van der Waals surface area contributed by atoms with Gasteiger partial charge in [0, 0.05) is 0 Å². The Bertz CT molecular complexity index is 819. The van der Waals surface area contributed by atoms with E-state index in [0.29, 0.717) is 0 Å². The third kappa shape index (κ3) is 4.91. The van der Waals surface area contributed by atoms with Gasteiger partial charge >= 0.3 is 5.97 Å². The number of thioether (sulfide) groups is 1. The molecule has 3 rings (SSSR count). The Morgan fingerprint density at radius 3 is 1.38 bits per heavy atom. The molecule has 3 aromatic carbocycles. The minimum atomic E-state index is -0.528. The van der Waals surface area contributed by atoms with E-state index in [-0.39, 0.29) is 11.2 Å². The first-order valence-corrected chi connectivity index (χ1v) is 10.8. The fourth-order valence-corrected chi connectivity index (χ4v) is 4.91. The lowest BCUT2D eigenvalue weighted by Gasteiger charge is -2.37. The molecule has 0 aliphatic heterocycles. The van der Waals surface area contributed by atoms with Gasteiger partial charge in [-0.1, -0.05) is 91.0 Å². The molecule has 3 aromatic rings. The summed E-state index contributed by atoms with van der Waals surface area (Å²) in [5.41, 5.74) is 2.90. The predicted molar refractivity (Wildman–Crippen MR) is 122 cm³/mol. The van der Waals surface area contributed by atoms with Crippen LogP contribution in [0.1, 0.15) is 44.4 Å². The van der Waals surface area contributed by atoms with Crippen LogP contribution in [0.4, 0.5) is 0 Å². The third-order valence-corrected chi connectivity index (χ3v) is 6.24. The van der Waals surface area contributed by atoms with E-state index in [1.54, 1.807) is 11.8 Å². The Labute approximate surface area is 178 Å². The van der Waals surface area contributed by atoms with Gasteiger partial charge in [-0.15, -0.1) is 11.8 Å². The number of hydrogen-bond donors (Lipinski definition) is 0. The Balaban J connectivity index is 2.16. The average molecular weight is 405 g/mol. The van der Waals surface area contributed by atoms with Crippen LogP contribution < -0.4 is 0 Å². The number of benzene rings is 3. The number of ether oxygens (including phenoxy) is 1. The number of esters is 1. The van der Waals surface area contributed by atoms with E-state index in [2.05, 4.69) is 72.8 Å². The van der Waals surface area contributed by atoms with Crippen molar-refractivity contribution in [3.05, 3.63) is 108 Å². The van der Waals surface area contributed by atoms with Crippen molar-refractivity contribution >= 4 is 17.7 Å². The molecular weight excluding hydrogens is 376 g/mol. The summed E-state index contributed by atoms with van der Waals surface area (Å²) in [6.07, 6.45) is 0. The van der Waals surface area contributed by atoms with Gasteiger partial charge in [-0.25, -0.2) is 0 Å². The monoisotopic (exact) mass is 404 g/mol. The molecule has 1 atom stereocenters. The lowest BCUT2D eigenvalue weighted by Crippen LogP contribution is -2.34. The molecule has 2 nitrogen and oxygen atoms in total. The van der Waals surface area contributed by atoms with Gasteiger partial charge < -0.3 is 4.74 Å². The molecule has 0 saturated carbocycles. The van der Waals surface area contributed by atoms with E-state index in [0.717, 1.165) is 16.7 Å². The Hall–Kier alpha value is -2.52. The van der Waals surface area contributed by atoms with Crippen LogP contribution in [0.25, 0.3) is 0 Å².